The van der Waals surface area contributed by atoms with E-state index in [2.05, 4.69) is 55.8 Å². The summed E-state index contributed by atoms with van der Waals surface area (Å²) < 4.78 is 12.6. The third-order valence-corrected chi connectivity index (χ3v) is 6.50. The van der Waals surface area contributed by atoms with Gasteiger partial charge in [-0.2, -0.15) is 0 Å². The van der Waals surface area contributed by atoms with Crippen molar-refractivity contribution in [2.75, 3.05) is 14.2 Å². The zero-order valence-corrected chi connectivity index (χ0v) is 19.9. The molecule has 1 aliphatic heterocycles. The van der Waals surface area contributed by atoms with E-state index in [0.29, 0.717) is 26.1 Å². The van der Waals surface area contributed by atoms with Crippen LogP contribution in [0.25, 0.3) is 11.3 Å². The number of methoxy groups -OCH3 is 2. The van der Waals surface area contributed by atoms with Crippen LogP contribution in [0.2, 0.25) is 0 Å². The topological polar surface area (TPSA) is 69.5 Å². The van der Waals surface area contributed by atoms with Gasteiger partial charge in [-0.1, -0.05) is 42.5 Å². The van der Waals surface area contributed by atoms with Gasteiger partial charge in [0, 0.05) is 37.8 Å². The number of carbonyl (C=O) groups excluding carboxylic acids is 1. The van der Waals surface area contributed by atoms with Gasteiger partial charge in [0.1, 0.15) is 11.8 Å². The Morgan fingerprint density at radius 1 is 0.943 bits per heavy atom. The fourth-order valence-corrected chi connectivity index (χ4v) is 4.56. The zero-order valence-electron chi connectivity index (χ0n) is 19.9. The molecule has 0 N–H and O–H groups in total. The van der Waals surface area contributed by atoms with Crippen LogP contribution in [0.5, 0.6) is 5.75 Å². The summed E-state index contributed by atoms with van der Waals surface area (Å²) in [7, 11) is 3.11. The van der Waals surface area contributed by atoms with Crippen molar-refractivity contribution in [2.24, 2.45) is 0 Å². The van der Waals surface area contributed by atoms with Gasteiger partial charge >= 0.3 is 5.97 Å². The molecule has 0 fully saturated rings. The second-order valence-corrected chi connectivity index (χ2v) is 8.67. The second-order valence-electron chi connectivity index (χ2n) is 8.67. The Labute approximate surface area is 205 Å². The van der Waals surface area contributed by atoms with E-state index in [-0.39, 0.29) is 12.0 Å². The Kier molecular flexibility index (Phi) is 6.59. The van der Waals surface area contributed by atoms with E-state index in [1.807, 2.05) is 36.7 Å². The first-order valence-corrected chi connectivity index (χ1v) is 11.6. The molecule has 2 aromatic heterocycles. The molecule has 1 unspecified atom stereocenters. The zero-order chi connectivity index (χ0) is 24.2. The van der Waals surface area contributed by atoms with Gasteiger partial charge in [0.05, 0.1) is 37.6 Å². The molecule has 0 spiro atoms. The number of esters is 1. The van der Waals surface area contributed by atoms with Crippen LogP contribution in [-0.2, 0) is 35.6 Å². The number of aromatic nitrogens is 3. The lowest BCUT2D eigenvalue weighted by molar-refractivity contribution is -0.148. The molecule has 0 saturated carbocycles. The van der Waals surface area contributed by atoms with Crippen molar-refractivity contribution >= 4 is 5.97 Å². The SMILES string of the molecule is COC(=O)C1Cc2ncn(Cc3ccc(OC)cc3)c2CN1Cc1ccc(-c2ccccn2)cc1. The molecule has 1 atom stereocenters. The molecule has 0 bridgehead atoms. The summed E-state index contributed by atoms with van der Waals surface area (Å²) in [5.74, 6) is 0.605. The molecule has 2 aromatic carbocycles. The first kappa shape index (κ1) is 22.8. The van der Waals surface area contributed by atoms with Crippen molar-refractivity contribution in [1.82, 2.24) is 19.4 Å². The average molecular weight is 469 g/mol. The van der Waals surface area contributed by atoms with E-state index >= 15 is 0 Å². The van der Waals surface area contributed by atoms with Crippen LogP contribution in [-0.4, -0.2) is 45.7 Å². The molecule has 4 aromatic rings. The molecule has 3 heterocycles. The van der Waals surface area contributed by atoms with E-state index in [0.717, 1.165) is 39.5 Å². The Balaban J connectivity index is 1.37. The fourth-order valence-electron chi connectivity index (χ4n) is 4.56. The lowest BCUT2D eigenvalue weighted by atomic mass is 10.0. The van der Waals surface area contributed by atoms with Crippen LogP contribution in [0, 0.1) is 0 Å². The maximum atomic E-state index is 12.7. The van der Waals surface area contributed by atoms with Crippen LogP contribution in [0.4, 0.5) is 0 Å². The van der Waals surface area contributed by atoms with E-state index in [1.165, 1.54) is 7.11 Å². The summed E-state index contributed by atoms with van der Waals surface area (Å²) in [6.07, 6.45) is 4.20. The first-order chi connectivity index (χ1) is 17.1. The summed E-state index contributed by atoms with van der Waals surface area (Å²) >= 11 is 0. The van der Waals surface area contributed by atoms with Gasteiger partial charge in [-0.3, -0.25) is 14.7 Å². The molecule has 0 radical (unpaired) electrons. The predicted octanol–water partition coefficient (Wildman–Crippen LogP) is 4.10. The smallest absolute Gasteiger partial charge is 0.323 e. The standard InChI is InChI=1S/C28H28N4O3/c1-34-23-12-8-21(9-13-23)17-32-19-30-25-15-26(28(33)35-2)31(18-27(25)32)16-20-6-10-22(11-7-20)24-5-3-4-14-29-24/h3-14,19,26H,15-18H2,1-2H3. The molecule has 0 amide bonds. The molecule has 35 heavy (non-hydrogen) atoms. The number of benzene rings is 2. The third kappa shape index (κ3) is 4.95. The largest absolute Gasteiger partial charge is 0.497 e. The monoisotopic (exact) mass is 468 g/mol. The quantitative estimate of drug-likeness (QED) is 0.381. The van der Waals surface area contributed by atoms with Gasteiger partial charge in [0.25, 0.3) is 0 Å². The van der Waals surface area contributed by atoms with Crippen molar-refractivity contribution in [3.05, 3.63) is 102 Å². The molecule has 0 saturated heterocycles. The number of pyridine rings is 1. The van der Waals surface area contributed by atoms with Gasteiger partial charge in [0.15, 0.2) is 0 Å². The second kappa shape index (κ2) is 10.1. The molecule has 1 aliphatic rings. The highest BCUT2D eigenvalue weighted by Crippen LogP contribution is 2.27. The van der Waals surface area contributed by atoms with Crippen LogP contribution in [0.1, 0.15) is 22.5 Å². The summed E-state index contributed by atoms with van der Waals surface area (Å²) in [6, 6.07) is 21.9. The highest BCUT2D eigenvalue weighted by Gasteiger charge is 2.34. The number of nitrogens with zero attached hydrogens (tertiary/aromatic N) is 4. The minimum atomic E-state index is -0.368. The van der Waals surface area contributed by atoms with E-state index < -0.39 is 0 Å². The highest BCUT2D eigenvalue weighted by atomic mass is 16.5. The van der Waals surface area contributed by atoms with Gasteiger partial charge in [-0.25, -0.2) is 4.98 Å². The number of hydrogen-bond acceptors (Lipinski definition) is 6. The maximum Gasteiger partial charge on any atom is 0.323 e. The van der Waals surface area contributed by atoms with Crippen molar-refractivity contribution in [3.63, 3.8) is 0 Å². The Bertz CT molecular complexity index is 1280. The van der Waals surface area contributed by atoms with E-state index in [9.17, 15) is 4.79 Å². The molecular weight excluding hydrogens is 440 g/mol. The van der Waals surface area contributed by atoms with Crippen LogP contribution in [0.15, 0.2) is 79.3 Å². The Morgan fingerprint density at radius 2 is 1.69 bits per heavy atom. The third-order valence-electron chi connectivity index (χ3n) is 6.50. The molecule has 7 heteroatoms. The molecule has 0 aliphatic carbocycles. The van der Waals surface area contributed by atoms with Crippen molar-refractivity contribution < 1.29 is 14.3 Å². The normalized spacial score (nSPS) is 15.4. The highest BCUT2D eigenvalue weighted by molar-refractivity contribution is 5.76. The Hall–Kier alpha value is -3.97. The van der Waals surface area contributed by atoms with Gasteiger partial charge in [-0.05, 0) is 35.4 Å². The number of ether oxygens (including phenoxy) is 2. The summed E-state index contributed by atoms with van der Waals surface area (Å²) in [6.45, 7) is 1.96. The number of rotatable bonds is 7. The van der Waals surface area contributed by atoms with Crippen LogP contribution < -0.4 is 4.74 Å². The fraction of sp³-hybridized carbons (Fsp3) is 0.250. The first-order valence-electron chi connectivity index (χ1n) is 11.6. The van der Waals surface area contributed by atoms with Gasteiger partial charge in [-0.15, -0.1) is 0 Å². The lowest BCUT2D eigenvalue weighted by Crippen LogP contribution is -2.46. The summed E-state index contributed by atoms with van der Waals surface area (Å²) in [5.41, 5.74) is 6.39. The number of carbonyl (C=O) groups is 1. The molecule has 178 valence electrons. The minimum absolute atomic E-state index is 0.231. The van der Waals surface area contributed by atoms with E-state index in [1.54, 1.807) is 13.3 Å². The maximum absolute atomic E-state index is 12.7. The predicted molar refractivity (Wildman–Crippen MR) is 133 cm³/mol. The van der Waals surface area contributed by atoms with Crippen molar-refractivity contribution in [3.8, 4) is 17.0 Å². The van der Waals surface area contributed by atoms with Crippen molar-refractivity contribution in [1.29, 1.82) is 0 Å². The molecular formula is C28H28N4O3. The van der Waals surface area contributed by atoms with Crippen LogP contribution in [0.3, 0.4) is 0 Å². The lowest BCUT2D eigenvalue weighted by Gasteiger charge is -2.34. The summed E-state index contributed by atoms with van der Waals surface area (Å²) in [4.78, 5) is 23.9. The van der Waals surface area contributed by atoms with Crippen LogP contribution >= 0.6 is 0 Å². The average Bonchev–Trinajstić information content (AvgIpc) is 3.30. The number of imidazole rings is 1. The minimum Gasteiger partial charge on any atom is -0.497 e. The number of hydrogen-bond donors (Lipinski definition) is 0. The molecule has 5 rings (SSSR count). The molecule has 7 nitrogen and oxygen atoms in total. The van der Waals surface area contributed by atoms with E-state index in [4.69, 9.17) is 9.47 Å². The van der Waals surface area contributed by atoms with Gasteiger partial charge < -0.3 is 14.0 Å². The number of fused-ring (bicyclic) bond motifs is 1. The summed E-state index contributed by atoms with van der Waals surface area (Å²) in [5, 5.41) is 0. The Morgan fingerprint density at radius 3 is 2.37 bits per heavy atom. The van der Waals surface area contributed by atoms with Crippen molar-refractivity contribution in [2.45, 2.75) is 32.1 Å². The van der Waals surface area contributed by atoms with Gasteiger partial charge in [0.2, 0.25) is 0 Å².